The number of hydroxylamine groups is 2. The number of nitrogens with one attached hydrogen (secondary N) is 1. The van der Waals surface area contributed by atoms with Crippen LogP contribution in [0.1, 0.15) is 41.0 Å². The van der Waals surface area contributed by atoms with Gasteiger partial charge in [-0.05, 0) is 41.0 Å². The van der Waals surface area contributed by atoms with Gasteiger partial charge in [-0.3, -0.25) is 4.79 Å². The maximum atomic E-state index is 12.1. The van der Waals surface area contributed by atoms with Gasteiger partial charge in [0.25, 0.3) is 0 Å². The minimum atomic E-state index is -0.702. The lowest BCUT2D eigenvalue weighted by Gasteiger charge is -2.33. The van der Waals surface area contributed by atoms with Gasteiger partial charge in [-0.1, -0.05) is 0 Å². The lowest BCUT2D eigenvalue weighted by Crippen LogP contribution is -2.49. The predicted octanol–water partition coefficient (Wildman–Crippen LogP) is 0.708. The molecule has 2 atom stereocenters. The molecule has 2 N–H and O–H groups in total. The summed E-state index contributed by atoms with van der Waals surface area (Å²) in [6, 6.07) is 0. The number of hydrogen-bond donors (Lipinski definition) is 2. The fourth-order valence-electron chi connectivity index (χ4n) is 2.54. The van der Waals surface area contributed by atoms with Crippen LogP contribution >= 0.6 is 0 Å². The van der Waals surface area contributed by atoms with E-state index in [1.54, 1.807) is 20.8 Å². The number of aliphatic hydroxyl groups excluding tert-OH is 1. The van der Waals surface area contributed by atoms with Crippen LogP contribution in [-0.4, -0.2) is 39.8 Å². The molecule has 17 heavy (non-hydrogen) atoms. The summed E-state index contributed by atoms with van der Waals surface area (Å²) in [5, 5.41) is 24.9. The summed E-state index contributed by atoms with van der Waals surface area (Å²) in [4.78, 5) is 12.0. The summed E-state index contributed by atoms with van der Waals surface area (Å²) < 4.78 is 0. The topological polar surface area (TPSA) is 72.5 Å². The maximum Gasteiger partial charge on any atom is 0.225 e. The van der Waals surface area contributed by atoms with Crippen molar-refractivity contribution in [1.82, 2.24) is 10.4 Å². The van der Waals surface area contributed by atoms with E-state index in [1.807, 2.05) is 13.8 Å². The van der Waals surface area contributed by atoms with Crippen molar-refractivity contribution in [2.75, 3.05) is 6.54 Å². The van der Waals surface area contributed by atoms with Gasteiger partial charge in [0.15, 0.2) is 0 Å². The van der Waals surface area contributed by atoms with Crippen LogP contribution in [0.4, 0.5) is 0 Å². The third-order valence-corrected chi connectivity index (χ3v) is 3.52. The molecule has 1 heterocycles. The Morgan fingerprint density at radius 3 is 2.35 bits per heavy atom. The lowest BCUT2D eigenvalue weighted by atomic mass is 9.86. The third kappa shape index (κ3) is 2.78. The number of aliphatic hydroxyl groups is 1. The van der Waals surface area contributed by atoms with Crippen LogP contribution in [0.5, 0.6) is 0 Å². The number of carbonyl (C=O) groups excluding carboxylic acids is 1. The van der Waals surface area contributed by atoms with Crippen LogP contribution in [-0.2, 0) is 10.0 Å². The second-order valence-electron chi connectivity index (χ2n) is 6.11. The molecule has 2 unspecified atom stereocenters. The number of hydrogen-bond acceptors (Lipinski definition) is 3. The molecule has 0 aromatic rings. The first-order chi connectivity index (χ1) is 7.59. The van der Waals surface area contributed by atoms with Crippen molar-refractivity contribution in [3.8, 4) is 0 Å². The highest BCUT2D eigenvalue weighted by Crippen LogP contribution is 2.43. The molecule has 5 nitrogen and oxygen atoms in total. The van der Waals surface area contributed by atoms with Crippen molar-refractivity contribution in [3.05, 3.63) is 0 Å². The van der Waals surface area contributed by atoms with Gasteiger partial charge < -0.3 is 10.4 Å². The van der Waals surface area contributed by atoms with Gasteiger partial charge >= 0.3 is 0 Å². The molecule has 0 saturated carbocycles. The molecule has 1 fully saturated rings. The van der Waals surface area contributed by atoms with Gasteiger partial charge in [-0.15, -0.1) is 10.3 Å². The van der Waals surface area contributed by atoms with Gasteiger partial charge in [0.05, 0.1) is 17.6 Å². The van der Waals surface area contributed by atoms with Crippen molar-refractivity contribution in [2.24, 2.45) is 5.92 Å². The molecule has 5 heteroatoms. The molecule has 1 amide bonds. The highest BCUT2D eigenvalue weighted by molar-refractivity contribution is 5.80. The molecule has 0 bridgehead atoms. The SMILES string of the molecule is CC(O)CNC(=O)C1CC(C)(C)N([O])C1(C)C. The molecule has 1 aliphatic heterocycles. The van der Waals surface area contributed by atoms with Gasteiger partial charge in [-0.25, -0.2) is 0 Å². The Balaban J connectivity index is 2.75. The van der Waals surface area contributed by atoms with Crippen molar-refractivity contribution >= 4 is 5.91 Å². The molecule has 0 spiro atoms. The summed E-state index contributed by atoms with van der Waals surface area (Å²) in [7, 11) is 0. The summed E-state index contributed by atoms with van der Waals surface area (Å²) >= 11 is 0. The van der Waals surface area contributed by atoms with E-state index in [1.165, 1.54) is 0 Å². The van der Waals surface area contributed by atoms with Crippen LogP contribution in [0, 0.1) is 5.92 Å². The van der Waals surface area contributed by atoms with E-state index < -0.39 is 17.2 Å². The standard InChI is InChI=1S/C12H23N2O3/c1-8(15)7-13-10(16)9-6-11(2,3)14(17)12(9,4)5/h8-9,15H,6-7H2,1-5H3,(H,13,16). The van der Waals surface area contributed by atoms with Crippen LogP contribution < -0.4 is 5.32 Å². The normalized spacial score (nSPS) is 29.0. The van der Waals surface area contributed by atoms with Crippen LogP contribution in [0.25, 0.3) is 0 Å². The zero-order valence-corrected chi connectivity index (χ0v) is 11.3. The quantitative estimate of drug-likeness (QED) is 0.766. The largest absolute Gasteiger partial charge is 0.392 e. The minimum absolute atomic E-state index is 0.151. The number of amides is 1. The molecule has 1 radical (unpaired) electrons. The average Bonchev–Trinajstić information content (AvgIpc) is 2.35. The second-order valence-corrected chi connectivity index (χ2v) is 6.11. The predicted molar refractivity (Wildman–Crippen MR) is 63.5 cm³/mol. The van der Waals surface area contributed by atoms with Crippen LogP contribution in [0.3, 0.4) is 0 Å². The lowest BCUT2D eigenvalue weighted by molar-refractivity contribution is -0.247. The first kappa shape index (κ1) is 14.4. The van der Waals surface area contributed by atoms with E-state index in [0.29, 0.717) is 6.42 Å². The zero-order chi connectivity index (χ0) is 13.4. The van der Waals surface area contributed by atoms with Gasteiger partial charge in [-0.2, -0.15) is 0 Å². The molecule has 0 aromatic heterocycles. The number of nitrogens with zero attached hydrogens (tertiary/aromatic N) is 1. The van der Waals surface area contributed by atoms with E-state index in [0.717, 1.165) is 5.06 Å². The fraction of sp³-hybridized carbons (Fsp3) is 0.917. The third-order valence-electron chi connectivity index (χ3n) is 3.52. The first-order valence-electron chi connectivity index (χ1n) is 6.02. The smallest absolute Gasteiger partial charge is 0.225 e. The van der Waals surface area contributed by atoms with Crippen molar-refractivity contribution < 1.29 is 15.1 Å². The molecule has 1 rings (SSSR count). The van der Waals surface area contributed by atoms with E-state index in [-0.39, 0.29) is 18.4 Å². The van der Waals surface area contributed by atoms with E-state index in [9.17, 15) is 10.0 Å². The summed E-state index contributed by atoms with van der Waals surface area (Å²) in [6.45, 7) is 9.13. The molecular formula is C12H23N2O3. The Hall–Kier alpha value is -0.650. The molecule has 1 aliphatic rings. The van der Waals surface area contributed by atoms with E-state index in [4.69, 9.17) is 5.11 Å². The van der Waals surface area contributed by atoms with Gasteiger partial charge in [0.2, 0.25) is 5.91 Å². The molecule has 0 aliphatic carbocycles. The molecule has 0 aromatic carbocycles. The fourth-order valence-corrected chi connectivity index (χ4v) is 2.54. The van der Waals surface area contributed by atoms with Gasteiger partial charge in [0.1, 0.15) is 0 Å². The highest BCUT2D eigenvalue weighted by Gasteiger charge is 2.55. The summed E-state index contributed by atoms with van der Waals surface area (Å²) in [6.07, 6.45) is -0.0328. The minimum Gasteiger partial charge on any atom is -0.392 e. The Labute approximate surface area is 103 Å². The number of rotatable bonds is 3. The van der Waals surface area contributed by atoms with Crippen molar-refractivity contribution in [2.45, 2.75) is 58.2 Å². The Morgan fingerprint density at radius 1 is 1.47 bits per heavy atom. The Bertz CT molecular complexity index is 300. The highest BCUT2D eigenvalue weighted by atomic mass is 16.5. The van der Waals surface area contributed by atoms with Gasteiger partial charge in [0, 0.05) is 12.1 Å². The van der Waals surface area contributed by atoms with Crippen LogP contribution in [0.2, 0.25) is 0 Å². The molecule has 99 valence electrons. The van der Waals surface area contributed by atoms with E-state index in [2.05, 4.69) is 5.32 Å². The van der Waals surface area contributed by atoms with Crippen molar-refractivity contribution in [1.29, 1.82) is 0 Å². The number of carbonyl (C=O) groups is 1. The monoisotopic (exact) mass is 243 g/mol. The Kier molecular flexibility index (Phi) is 3.86. The average molecular weight is 243 g/mol. The maximum absolute atomic E-state index is 12.1. The second kappa shape index (κ2) is 4.55. The molecule has 1 saturated heterocycles. The first-order valence-corrected chi connectivity index (χ1v) is 6.02. The van der Waals surface area contributed by atoms with E-state index >= 15 is 0 Å². The zero-order valence-electron chi connectivity index (χ0n) is 11.3. The Morgan fingerprint density at radius 2 is 2.00 bits per heavy atom. The van der Waals surface area contributed by atoms with Crippen LogP contribution in [0.15, 0.2) is 0 Å². The molecular weight excluding hydrogens is 220 g/mol. The summed E-state index contributed by atoms with van der Waals surface area (Å²) in [5.41, 5.74) is -1.22. The summed E-state index contributed by atoms with van der Waals surface area (Å²) in [5.74, 6) is -0.490. The van der Waals surface area contributed by atoms with Crippen molar-refractivity contribution in [3.63, 3.8) is 0 Å².